The molecule has 0 bridgehead atoms. The fourth-order valence-electron chi connectivity index (χ4n) is 5.37. The molecule has 2 heteroatoms. The third-order valence-corrected chi connectivity index (χ3v) is 8.09. The van der Waals surface area contributed by atoms with Crippen molar-refractivity contribution in [3.63, 3.8) is 0 Å². The van der Waals surface area contributed by atoms with Gasteiger partial charge in [-0.05, 0) is 19.9 Å². The summed E-state index contributed by atoms with van der Waals surface area (Å²) >= 11 is 0. The lowest BCUT2D eigenvalue weighted by atomic mass is 10.0. The molecule has 1 aliphatic rings. The molecule has 1 aliphatic heterocycles. The topological polar surface area (TPSA) is 3.24 Å². The lowest BCUT2D eigenvalue weighted by molar-refractivity contribution is -0.913. The fraction of sp³-hybridized carbons (Fsp3) is 1.00. The van der Waals surface area contributed by atoms with Gasteiger partial charge in [-0.2, -0.15) is 0 Å². The van der Waals surface area contributed by atoms with Crippen LogP contribution in [0.3, 0.4) is 0 Å². The van der Waals surface area contributed by atoms with Gasteiger partial charge in [-0.3, -0.25) is 4.90 Å². The number of hydrogen-bond acceptors (Lipinski definition) is 1. The Balaban J connectivity index is 1.68. The van der Waals surface area contributed by atoms with Gasteiger partial charge >= 0.3 is 0 Å². The zero-order valence-corrected chi connectivity index (χ0v) is 23.0. The highest BCUT2D eigenvalue weighted by Gasteiger charge is 2.26. The van der Waals surface area contributed by atoms with E-state index in [2.05, 4.69) is 25.9 Å². The molecule has 0 aromatic rings. The number of nitrogens with zero attached hydrogens (tertiary/aromatic N) is 2. The van der Waals surface area contributed by atoms with Gasteiger partial charge in [0.1, 0.15) is 0 Å². The summed E-state index contributed by atoms with van der Waals surface area (Å²) in [5.74, 6) is 0. The van der Waals surface area contributed by atoms with Gasteiger partial charge in [-0.25, -0.2) is 0 Å². The SMILES string of the molecule is CCCCCCCCCCCCCCCCCCCCCCCC[N+]1(C)CCN(C)CC1. The molecule has 0 aromatic heterocycles. The Kier molecular flexibility index (Phi) is 20.1. The Labute approximate surface area is 204 Å². The quantitative estimate of drug-likeness (QED) is 0.111. The van der Waals surface area contributed by atoms with E-state index in [0.29, 0.717) is 0 Å². The van der Waals surface area contributed by atoms with Crippen LogP contribution >= 0.6 is 0 Å². The van der Waals surface area contributed by atoms with Gasteiger partial charge in [-0.15, -0.1) is 0 Å². The first-order chi connectivity index (χ1) is 15.7. The third-order valence-electron chi connectivity index (χ3n) is 8.09. The number of quaternary nitrogens is 1. The molecule has 32 heavy (non-hydrogen) atoms. The Hall–Kier alpha value is -0.0800. The van der Waals surface area contributed by atoms with E-state index >= 15 is 0 Å². The first-order valence-corrected chi connectivity index (χ1v) is 15.2. The summed E-state index contributed by atoms with van der Waals surface area (Å²) in [4.78, 5) is 2.48. The van der Waals surface area contributed by atoms with E-state index in [9.17, 15) is 0 Å². The molecule has 192 valence electrons. The minimum atomic E-state index is 1.29. The monoisotopic (exact) mass is 451 g/mol. The van der Waals surface area contributed by atoms with Crippen molar-refractivity contribution in [2.24, 2.45) is 0 Å². The zero-order chi connectivity index (χ0) is 23.2. The molecule has 0 atom stereocenters. The molecule has 0 N–H and O–H groups in total. The second-order valence-corrected chi connectivity index (χ2v) is 11.5. The molecule has 1 heterocycles. The van der Waals surface area contributed by atoms with E-state index in [-0.39, 0.29) is 0 Å². The summed E-state index contributed by atoms with van der Waals surface area (Å²) in [6.45, 7) is 9.00. The van der Waals surface area contributed by atoms with Crippen LogP contribution in [0.5, 0.6) is 0 Å². The highest BCUT2D eigenvalue weighted by Crippen LogP contribution is 2.16. The molecule has 0 radical (unpaired) electrons. The van der Waals surface area contributed by atoms with Gasteiger partial charge in [0.15, 0.2) is 0 Å². The van der Waals surface area contributed by atoms with Gasteiger partial charge in [-0.1, -0.05) is 135 Å². The molecule has 0 amide bonds. The first kappa shape index (κ1) is 30.0. The molecule has 0 spiro atoms. The summed E-state index contributed by atoms with van der Waals surface area (Å²) in [5.41, 5.74) is 0. The third kappa shape index (κ3) is 18.4. The standard InChI is InChI=1S/C30H63N2/c1-4-5-6-7-8-9-10-11-12-13-14-15-16-17-18-19-20-21-22-23-24-25-28-32(3)29-26-31(2)27-30-32/h4-30H2,1-3H3/q+1. The molecule has 0 aromatic carbocycles. The molecule has 1 fully saturated rings. The maximum absolute atomic E-state index is 2.48. The summed E-state index contributed by atoms with van der Waals surface area (Å²) < 4.78 is 1.32. The number of rotatable bonds is 23. The van der Waals surface area contributed by atoms with Crippen LogP contribution in [0.25, 0.3) is 0 Å². The van der Waals surface area contributed by atoms with E-state index in [4.69, 9.17) is 0 Å². The molecule has 1 saturated heterocycles. The highest BCUT2D eigenvalue weighted by atomic mass is 15.4. The van der Waals surface area contributed by atoms with Crippen LogP contribution in [-0.4, -0.2) is 56.2 Å². The Morgan fingerprint density at radius 1 is 0.469 bits per heavy atom. The van der Waals surface area contributed by atoms with Crippen LogP contribution in [-0.2, 0) is 0 Å². The Morgan fingerprint density at radius 3 is 1.06 bits per heavy atom. The summed E-state index contributed by atoms with van der Waals surface area (Å²) in [7, 11) is 4.74. The number of unbranched alkanes of at least 4 members (excludes halogenated alkanes) is 21. The van der Waals surface area contributed by atoms with E-state index in [1.807, 2.05) is 0 Å². The minimum absolute atomic E-state index is 1.29. The van der Waals surface area contributed by atoms with Crippen LogP contribution in [0.4, 0.5) is 0 Å². The van der Waals surface area contributed by atoms with Crippen molar-refractivity contribution in [3.8, 4) is 0 Å². The predicted octanol–water partition coefficient (Wildman–Crippen LogP) is 8.98. The largest absolute Gasteiger partial charge is 0.324 e. The van der Waals surface area contributed by atoms with E-state index in [0.717, 1.165) is 0 Å². The molecule has 2 nitrogen and oxygen atoms in total. The summed E-state index contributed by atoms with van der Waals surface area (Å²) in [6.07, 6.45) is 32.4. The smallest absolute Gasteiger partial charge is 0.0914 e. The Bertz CT molecular complexity index is 373. The van der Waals surface area contributed by atoms with E-state index < -0.39 is 0 Å². The van der Waals surface area contributed by atoms with Crippen molar-refractivity contribution in [3.05, 3.63) is 0 Å². The predicted molar refractivity (Wildman–Crippen MR) is 146 cm³/mol. The first-order valence-electron chi connectivity index (χ1n) is 15.2. The van der Waals surface area contributed by atoms with Crippen molar-refractivity contribution in [2.45, 2.75) is 148 Å². The van der Waals surface area contributed by atoms with Gasteiger partial charge in [0, 0.05) is 13.1 Å². The van der Waals surface area contributed by atoms with Crippen LogP contribution in [0, 0.1) is 0 Å². The highest BCUT2D eigenvalue weighted by molar-refractivity contribution is 4.58. The molecular weight excluding hydrogens is 388 g/mol. The average Bonchev–Trinajstić information content (AvgIpc) is 2.79. The van der Waals surface area contributed by atoms with Gasteiger partial charge in [0.2, 0.25) is 0 Å². The summed E-state index contributed by atoms with van der Waals surface area (Å²) in [5, 5.41) is 0. The maximum Gasteiger partial charge on any atom is 0.0914 e. The minimum Gasteiger partial charge on any atom is -0.324 e. The molecular formula is C30H63N2+. The van der Waals surface area contributed by atoms with Crippen LogP contribution in [0.1, 0.15) is 148 Å². The Morgan fingerprint density at radius 2 is 0.750 bits per heavy atom. The van der Waals surface area contributed by atoms with Crippen molar-refractivity contribution in [1.82, 2.24) is 4.90 Å². The molecule has 0 unspecified atom stereocenters. The van der Waals surface area contributed by atoms with Gasteiger partial charge in [0.05, 0.1) is 26.7 Å². The number of piperazine rings is 1. The molecule has 0 aliphatic carbocycles. The van der Waals surface area contributed by atoms with Crippen molar-refractivity contribution >= 4 is 0 Å². The van der Waals surface area contributed by atoms with Gasteiger partial charge in [0.25, 0.3) is 0 Å². The second kappa shape index (κ2) is 21.5. The van der Waals surface area contributed by atoms with Crippen LogP contribution < -0.4 is 0 Å². The van der Waals surface area contributed by atoms with Crippen LogP contribution in [0.15, 0.2) is 0 Å². The maximum atomic E-state index is 2.48. The average molecular weight is 452 g/mol. The van der Waals surface area contributed by atoms with Gasteiger partial charge < -0.3 is 4.48 Å². The summed E-state index contributed by atoms with van der Waals surface area (Å²) in [6, 6.07) is 0. The van der Waals surface area contributed by atoms with Crippen molar-refractivity contribution in [2.75, 3.05) is 46.8 Å². The van der Waals surface area contributed by atoms with E-state index in [1.54, 1.807) is 0 Å². The van der Waals surface area contributed by atoms with Crippen LogP contribution in [0.2, 0.25) is 0 Å². The fourth-order valence-corrected chi connectivity index (χ4v) is 5.37. The molecule has 1 rings (SSSR count). The lowest BCUT2D eigenvalue weighted by Crippen LogP contribution is -2.56. The lowest BCUT2D eigenvalue weighted by Gasteiger charge is -2.41. The second-order valence-electron chi connectivity index (χ2n) is 11.5. The normalized spacial score (nSPS) is 16.6. The number of hydrogen-bond donors (Lipinski definition) is 0. The zero-order valence-electron chi connectivity index (χ0n) is 23.0. The van der Waals surface area contributed by atoms with E-state index in [1.165, 1.54) is 178 Å². The molecule has 0 saturated carbocycles. The van der Waals surface area contributed by atoms with Crippen molar-refractivity contribution < 1.29 is 4.48 Å². The number of likely N-dealkylation sites (N-methyl/N-ethyl adjacent to an activating group) is 2. The van der Waals surface area contributed by atoms with Crippen molar-refractivity contribution in [1.29, 1.82) is 0 Å².